The van der Waals surface area contributed by atoms with Crippen molar-refractivity contribution < 1.29 is 24.2 Å². The molecule has 0 unspecified atom stereocenters. The average molecular weight is 681 g/mol. The number of benzene rings is 4. The first-order chi connectivity index (χ1) is 19.1. The summed E-state index contributed by atoms with van der Waals surface area (Å²) >= 11 is 13.7. The topological polar surface area (TPSA) is 72.8 Å². The number of halogens is 3. The lowest BCUT2D eigenvalue weighted by Gasteiger charge is -2.48. The largest absolute Gasteiger partial charge is 0.478 e. The summed E-state index contributed by atoms with van der Waals surface area (Å²) in [6.45, 7) is 1.70. The van der Waals surface area contributed by atoms with E-state index in [0.717, 1.165) is 41.6 Å². The van der Waals surface area contributed by atoms with Crippen molar-refractivity contribution in [3.8, 4) is 11.5 Å². The molecule has 0 bridgehead atoms. The van der Waals surface area contributed by atoms with Crippen LogP contribution in [0.2, 0.25) is 0 Å². The van der Waals surface area contributed by atoms with Crippen molar-refractivity contribution in [2.45, 2.75) is 37.4 Å². The molecule has 200 valence electrons. The number of fused-ring (bicyclic) bond motifs is 8. The van der Waals surface area contributed by atoms with Crippen molar-refractivity contribution in [2.24, 2.45) is 0 Å². The number of ketones is 2. The number of carbonyl (C=O) groups is 2. The Morgan fingerprint density at radius 1 is 0.975 bits per heavy atom. The number of hydrogen-bond donors (Lipinski definition) is 1. The summed E-state index contributed by atoms with van der Waals surface area (Å²) in [5.74, 6) is 0.163. The van der Waals surface area contributed by atoms with Crippen molar-refractivity contribution >= 4 is 82.6 Å². The van der Waals surface area contributed by atoms with Gasteiger partial charge in [-0.1, -0.05) is 74.7 Å². The third kappa shape index (κ3) is 3.54. The molecule has 0 saturated heterocycles. The zero-order valence-electron chi connectivity index (χ0n) is 21.2. The summed E-state index contributed by atoms with van der Waals surface area (Å²) in [6, 6.07) is 19.4. The molecule has 0 amide bonds. The highest BCUT2D eigenvalue weighted by molar-refractivity contribution is 9.10. The summed E-state index contributed by atoms with van der Waals surface area (Å²) in [4.78, 5) is 26.8. The highest BCUT2D eigenvalue weighted by Crippen LogP contribution is 2.57. The monoisotopic (exact) mass is 678 g/mol. The lowest BCUT2D eigenvalue weighted by atomic mass is 9.65. The van der Waals surface area contributed by atoms with Crippen LogP contribution in [0.5, 0.6) is 11.5 Å². The van der Waals surface area contributed by atoms with Gasteiger partial charge in [0.2, 0.25) is 5.78 Å². The second kappa shape index (κ2) is 9.02. The maximum Gasteiger partial charge on any atom is 0.214 e. The normalized spacial score (nSPS) is 23.0. The van der Waals surface area contributed by atoms with E-state index in [1.807, 2.05) is 66.7 Å². The first-order valence-corrected chi connectivity index (χ1v) is 14.8. The summed E-state index contributed by atoms with van der Waals surface area (Å²) in [7, 11) is 0. The lowest BCUT2D eigenvalue weighted by Crippen LogP contribution is -2.66. The summed E-state index contributed by atoms with van der Waals surface area (Å²) in [6.07, 6.45) is 1.76. The standard InChI is InChI=1S/C32H21Br2ClO5/c1-2-20(36)14-31(38)30(37)28(35)29-25(13-23-21-7-5-18(33)11-16(21)3-9-26(23)39-29)32(31)15-24-22-8-6-19(34)12-17(22)4-10-27(24)40-32/h3-13,38H,2,14-15H2,1H3/t31-,32+/m1/s1. The van der Waals surface area contributed by atoms with Crippen LogP contribution in [0.1, 0.15) is 30.9 Å². The molecule has 4 aromatic carbocycles. The zero-order chi connectivity index (χ0) is 28.0. The van der Waals surface area contributed by atoms with Crippen LogP contribution in [0.15, 0.2) is 86.0 Å². The number of hydrogen-bond acceptors (Lipinski definition) is 5. The van der Waals surface area contributed by atoms with Crippen LogP contribution >= 0.6 is 43.5 Å². The third-order valence-electron chi connectivity index (χ3n) is 8.21. The first kappa shape index (κ1) is 26.0. The van der Waals surface area contributed by atoms with Gasteiger partial charge in [-0.05, 0) is 64.0 Å². The molecule has 2 atom stereocenters. The fraction of sp³-hybridized carbons (Fsp3) is 0.188. The summed E-state index contributed by atoms with van der Waals surface area (Å²) in [5.41, 5.74) is -1.83. The van der Waals surface area contributed by atoms with Gasteiger partial charge >= 0.3 is 0 Å². The third-order valence-corrected chi connectivity index (χ3v) is 9.54. The Hall–Kier alpha value is -2.97. The molecule has 3 aliphatic rings. The Kier molecular flexibility index (Phi) is 5.85. The fourth-order valence-corrected chi connectivity index (χ4v) is 7.24. The molecule has 40 heavy (non-hydrogen) atoms. The van der Waals surface area contributed by atoms with Crippen LogP contribution in [-0.2, 0) is 16.0 Å². The second-order valence-electron chi connectivity index (χ2n) is 10.4. The van der Waals surface area contributed by atoms with Crippen LogP contribution in [-0.4, -0.2) is 27.9 Å². The van der Waals surface area contributed by atoms with E-state index in [9.17, 15) is 14.7 Å². The van der Waals surface area contributed by atoms with Gasteiger partial charge in [0.25, 0.3) is 0 Å². The maximum atomic E-state index is 13.9. The molecule has 8 heteroatoms. The number of aliphatic hydroxyl groups is 1. The molecular formula is C32H21Br2ClO5. The van der Waals surface area contributed by atoms with Gasteiger partial charge in [-0.2, -0.15) is 0 Å². The molecule has 1 spiro atoms. The van der Waals surface area contributed by atoms with Gasteiger partial charge in [-0.25, -0.2) is 0 Å². The molecule has 4 aromatic rings. The highest BCUT2D eigenvalue weighted by Gasteiger charge is 2.67. The number of Topliss-reactive ketones (excluding diaryl/α,β-unsaturated/α-hetero) is 2. The molecule has 0 saturated carbocycles. The predicted molar refractivity (Wildman–Crippen MR) is 162 cm³/mol. The summed E-state index contributed by atoms with van der Waals surface area (Å²) in [5, 5.41) is 15.9. The Morgan fingerprint density at radius 3 is 2.33 bits per heavy atom. The van der Waals surface area contributed by atoms with E-state index in [-0.39, 0.29) is 29.4 Å². The average Bonchev–Trinajstić information content (AvgIpc) is 3.36. The quantitative estimate of drug-likeness (QED) is 0.239. The number of rotatable bonds is 3. The first-order valence-electron chi connectivity index (χ1n) is 12.9. The molecule has 1 N–H and O–H groups in total. The molecule has 7 rings (SSSR count). The van der Waals surface area contributed by atoms with Crippen molar-refractivity contribution in [1.29, 1.82) is 0 Å². The molecule has 5 nitrogen and oxygen atoms in total. The van der Waals surface area contributed by atoms with Gasteiger partial charge in [-0.3, -0.25) is 9.59 Å². The minimum absolute atomic E-state index is 0.143. The molecule has 0 aromatic heterocycles. The number of carbonyl (C=O) groups excluding carboxylic acids is 2. The Labute approximate surface area is 251 Å². The van der Waals surface area contributed by atoms with E-state index >= 15 is 0 Å². The minimum Gasteiger partial charge on any atom is -0.478 e. The number of ether oxygens (including phenoxy) is 2. The SMILES string of the molecule is CCC(=O)C[C@@]1(O)C(=O)C(Cl)=C2Oc3ccc4cc(Br)ccc4c3C=C2[C@@]12Cc1c(ccc3cc(Br)ccc13)O2. The Morgan fingerprint density at radius 2 is 1.62 bits per heavy atom. The van der Waals surface area contributed by atoms with Crippen molar-refractivity contribution in [3.05, 3.63) is 97.1 Å². The van der Waals surface area contributed by atoms with Gasteiger partial charge < -0.3 is 14.6 Å². The Bertz CT molecular complexity index is 1890. The van der Waals surface area contributed by atoms with Crippen molar-refractivity contribution in [2.75, 3.05) is 0 Å². The van der Waals surface area contributed by atoms with Crippen molar-refractivity contribution in [3.63, 3.8) is 0 Å². The molecule has 2 aliphatic heterocycles. The maximum absolute atomic E-state index is 13.9. The van der Waals surface area contributed by atoms with Crippen molar-refractivity contribution in [1.82, 2.24) is 0 Å². The van der Waals surface area contributed by atoms with E-state index in [4.69, 9.17) is 21.1 Å². The smallest absolute Gasteiger partial charge is 0.214 e. The van der Waals surface area contributed by atoms with Gasteiger partial charge in [0, 0.05) is 44.9 Å². The van der Waals surface area contributed by atoms with Gasteiger partial charge in [0.05, 0.1) is 0 Å². The van der Waals surface area contributed by atoms with Gasteiger partial charge in [0.15, 0.2) is 17.0 Å². The fourth-order valence-electron chi connectivity index (χ4n) is 6.18. The van der Waals surface area contributed by atoms with Crippen LogP contribution in [0.25, 0.3) is 27.6 Å². The van der Waals surface area contributed by atoms with E-state index in [0.29, 0.717) is 17.1 Å². The van der Waals surface area contributed by atoms with Crippen LogP contribution in [0.4, 0.5) is 0 Å². The second-order valence-corrected chi connectivity index (χ2v) is 12.6. The molecule has 1 aliphatic carbocycles. The molecule has 0 fully saturated rings. The van der Waals surface area contributed by atoms with Crippen LogP contribution in [0, 0.1) is 0 Å². The Balaban J connectivity index is 1.52. The van der Waals surface area contributed by atoms with Gasteiger partial charge in [-0.15, -0.1) is 0 Å². The minimum atomic E-state index is -2.25. The molecule has 2 heterocycles. The van der Waals surface area contributed by atoms with Crippen LogP contribution < -0.4 is 9.47 Å². The highest BCUT2D eigenvalue weighted by atomic mass is 79.9. The summed E-state index contributed by atoms with van der Waals surface area (Å²) < 4.78 is 14.9. The predicted octanol–water partition coefficient (Wildman–Crippen LogP) is 7.80. The van der Waals surface area contributed by atoms with E-state index in [1.54, 1.807) is 6.92 Å². The molecular weight excluding hydrogens is 660 g/mol. The van der Waals surface area contributed by atoms with Crippen LogP contribution in [0.3, 0.4) is 0 Å². The van der Waals surface area contributed by atoms with E-state index in [2.05, 4.69) is 31.9 Å². The van der Waals surface area contributed by atoms with Gasteiger partial charge in [0.1, 0.15) is 22.3 Å². The zero-order valence-corrected chi connectivity index (χ0v) is 25.1. The molecule has 0 radical (unpaired) electrons. The lowest BCUT2D eigenvalue weighted by molar-refractivity contribution is -0.161. The van der Waals surface area contributed by atoms with E-state index < -0.39 is 23.4 Å². The van der Waals surface area contributed by atoms with E-state index in [1.165, 1.54) is 0 Å².